The molecule has 0 spiro atoms. The molecule has 25 heavy (non-hydrogen) atoms. The highest BCUT2D eigenvalue weighted by Crippen LogP contribution is 2.26. The van der Waals surface area contributed by atoms with Crippen LogP contribution >= 0.6 is 11.3 Å². The van der Waals surface area contributed by atoms with Crippen molar-refractivity contribution in [2.75, 3.05) is 5.32 Å². The Morgan fingerprint density at radius 2 is 2.00 bits per heavy atom. The summed E-state index contributed by atoms with van der Waals surface area (Å²) in [5.74, 6) is -0.360. The second kappa shape index (κ2) is 6.36. The lowest BCUT2D eigenvalue weighted by atomic mass is 9.93. The quantitative estimate of drug-likeness (QED) is 0.778. The third kappa shape index (κ3) is 3.43. The van der Waals surface area contributed by atoms with Crippen LogP contribution in [0, 0.1) is 0 Å². The summed E-state index contributed by atoms with van der Waals surface area (Å²) in [5, 5.41) is 13.5. The summed E-state index contributed by atoms with van der Waals surface area (Å²) in [6, 6.07) is 6.12. The van der Waals surface area contributed by atoms with E-state index < -0.39 is 6.04 Å². The van der Waals surface area contributed by atoms with Gasteiger partial charge >= 0.3 is 0 Å². The highest BCUT2D eigenvalue weighted by Gasteiger charge is 2.22. The van der Waals surface area contributed by atoms with Gasteiger partial charge in [-0.25, -0.2) is 4.98 Å². The number of rotatable bonds is 3. The second-order valence-electron chi connectivity index (χ2n) is 6.81. The number of fused-ring (bicyclic) bond motifs is 1. The maximum atomic E-state index is 12.5. The maximum absolute atomic E-state index is 12.5. The second-order valence-corrected chi connectivity index (χ2v) is 7.67. The molecule has 0 radical (unpaired) electrons. The lowest BCUT2D eigenvalue weighted by Crippen LogP contribution is -2.34. The van der Waals surface area contributed by atoms with Crippen LogP contribution in [0.1, 0.15) is 39.4 Å². The summed E-state index contributed by atoms with van der Waals surface area (Å²) in [7, 11) is 0. The minimum absolute atomic E-state index is 0.0914. The predicted molar refractivity (Wildman–Crippen MR) is 98.0 cm³/mol. The van der Waals surface area contributed by atoms with Crippen molar-refractivity contribution in [1.29, 1.82) is 0 Å². The monoisotopic (exact) mass is 357 g/mol. The van der Waals surface area contributed by atoms with E-state index in [0.29, 0.717) is 16.0 Å². The highest BCUT2D eigenvalue weighted by atomic mass is 32.1. The Kier molecular flexibility index (Phi) is 4.38. The van der Waals surface area contributed by atoms with Crippen LogP contribution in [0.15, 0.2) is 34.4 Å². The number of hydrogen-bond donors (Lipinski definition) is 1. The normalized spacial score (nSPS) is 13.0. The molecular formula is C17H19N5O2S. The van der Waals surface area contributed by atoms with Crippen LogP contribution in [0.4, 0.5) is 5.13 Å². The Bertz CT molecular complexity index is 986. The van der Waals surface area contributed by atoms with E-state index >= 15 is 0 Å². The van der Waals surface area contributed by atoms with Crippen LogP contribution in [0.3, 0.4) is 0 Å². The van der Waals surface area contributed by atoms with E-state index in [4.69, 9.17) is 0 Å². The van der Waals surface area contributed by atoms with Crippen LogP contribution in [0.25, 0.3) is 10.9 Å². The van der Waals surface area contributed by atoms with Crippen molar-refractivity contribution in [3.05, 3.63) is 45.7 Å². The first-order chi connectivity index (χ1) is 11.8. The van der Waals surface area contributed by atoms with Crippen molar-refractivity contribution in [1.82, 2.24) is 20.0 Å². The number of benzene rings is 1. The van der Waals surface area contributed by atoms with Gasteiger partial charge in [-0.1, -0.05) is 38.1 Å². The first-order valence-electron chi connectivity index (χ1n) is 7.88. The molecule has 3 aromatic rings. The molecule has 0 aliphatic heterocycles. The lowest BCUT2D eigenvalue weighted by Gasteiger charge is -2.14. The number of aromatic nitrogens is 4. The Labute approximate surface area is 148 Å². The zero-order valence-electron chi connectivity index (χ0n) is 14.5. The molecule has 0 saturated carbocycles. The number of anilines is 1. The van der Waals surface area contributed by atoms with Crippen LogP contribution in [0.5, 0.6) is 0 Å². The Morgan fingerprint density at radius 3 is 2.68 bits per heavy atom. The van der Waals surface area contributed by atoms with Crippen LogP contribution < -0.4 is 10.9 Å². The van der Waals surface area contributed by atoms with Crippen molar-refractivity contribution >= 4 is 33.3 Å². The Morgan fingerprint density at radius 1 is 1.28 bits per heavy atom. The lowest BCUT2D eigenvalue weighted by molar-refractivity contribution is -0.119. The number of carbonyl (C=O) groups is 1. The number of amides is 1. The maximum Gasteiger partial charge on any atom is 0.278 e. The van der Waals surface area contributed by atoms with Crippen LogP contribution in [-0.2, 0) is 10.2 Å². The van der Waals surface area contributed by atoms with E-state index in [2.05, 4.69) is 41.4 Å². The van der Waals surface area contributed by atoms with E-state index in [1.54, 1.807) is 31.2 Å². The van der Waals surface area contributed by atoms with E-state index in [-0.39, 0.29) is 16.9 Å². The van der Waals surface area contributed by atoms with Crippen molar-refractivity contribution < 1.29 is 4.79 Å². The molecular weight excluding hydrogens is 338 g/mol. The summed E-state index contributed by atoms with van der Waals surface area (Å²) in [6.07, 6.45) is 0. The van der Waals surface area contributed by atoms with E-state index in [9.17, 15) is 9.59 Å². The van der Waals surface area contributed by atoms with Crippen molar-refractivity contribution in [3.8, 4) is 0 Å². The van der Waals surface area contributed by atoms with Gasteiger partial charge in [-0.15, -0.1) is 16.4 Å². The number of hydrogen-bond acceptors (Lipinski definition) is 6. The first-order valence-corrected chi connectivity index (χ1v) is 8.76. The molecule has 1 atom stereocenters. The largest absolute Gasteiger partial charge is 0.300 e. The number of carbonyl (C=O) groups excluding carboxylic acids is 1. The third-order valence-corrected chi connectivity index (χ3v) is 4.60. The summed E-state index contributed by atoms with van der Waals surface area (Å²) in [4.78, 5) is 29.5. The van der Waals surface area contributed by atoms with Gasteiger partial charge in [0.05, 0.1) is 11.1 Å². The summed E-state index contributed by atoms with van der Waals surface area (Å²) in [6.45, 7) is 7.78. The number of thiazole rings is 1. The molecule has 7 nitrogen and oxygen atoms in total. The van der Waals surface area contributed by atoms with Gasteiger partial charge in [0, 0.05) is 10.8 Å². The fraction of sp³-hybridized carbons (Fsp3) is 0.353. The SMILES string of the molecule is C[C@H](C(=O)Nc1nc(C(C)(C)C)cs1)n1nnc2ccccc2c1=O. The molecule has 130 valence electrons. The summed E-state index contributed by atoms with van der Waals surface area (Å²) < 4.78 is 1.09. The molecule has 0 bridgehead atoms. The third-order valence-electron chi connectivity index (χ3n) is 3.84. The van der Waals surface area contributed by atoms with Gasteiger partial charge < -0.3 is 5.32 Å². The fourth-order valence-corrected chi connectivity index (χ4v) is 3.19. The van der Waals surface area contributed by atoms with Crippen LogP contribution in [0.2, 0.25) is 0 Å². The fourth-order valence-electron chi connectivity index (χ4n) is 2.25. The zero-order valence-corrected chi connectivity index (χ0v) is 15.3. The smallest absolute Gasteiger partial charge is 0.278 e. The van der Waals surface area contributed by atoms with Gasteiger partial charge in [-0.2, -0.15) is 4.68 Å². The molecule has 0 saturated heterocycles. The molecule has 0 unspecified atom stereocenters. The predicted octanol–water partition coefficient (Wildman–Crippen LogP) is 2.75. The molecule has 0 fully saturated rings. The van der Waals surface area contributed by atoms with E-state index in [1.165, 1.54) is 11.3 Å². The van der Waals surface area contributed by atoms with E-state index in [1.807, 2.05) is 5.38 Å². The first kappa shape index (κ1) is 17.2. The van der Waals surface area contributed by atoms with Gasteiger partial charge in [0.2, 0.25) is 0 Å². The summed E-state index contributed by atoms with van der Waals surface area (Å²) in [5.41, 5.74) is 0.975. The standard InChI is InChI=1S/C17H19N5O2S/c1-10(14(23)19-16-18-13(9-25-16)17(2,3)4)22-15(24)11-7-5-6-8-12(11)20-21-22/h5-10H,1-4H3,(H,18,19,23)/t10-/m1/s1. The molecule has 1 N–H and O–H groups in total. The number of nitrogens with one attached hydrogen (secondary N) is 1. The molecule has 0 aliphatic rings. The molecule has 2 heterocycles. The van der Waals surface area contributed by atoms with Gasteiger partial charge in [-0.3, -0.25) is 9.59 Å². The average Bonchev–Trinajstić information content (AvgIpc) is 3.03. The topological polar surface area (TPSA) is 89.8 Å². The van der Waals surface area contributed by atoms with E-state index in [0.717, 1.165) is 10.4 Å². The Hall–Kier alpha value is -2.61. The zero-order chi connectivity index (χ0) is 18.2. The summed E-state index contributed by atoms with van der Waals surface area (Å²) >= 11 is 1.36. The molecule has 8 heteroatoms. The highest BCUT2D eigenvalue weighted by molar-refractivity contribution is 7.13. The average molecular weight is 357 g/mol. The minimum atomic E-state index is -0.799. The molecule has 0 aliphatic carbocycles. The minimum Gasteiger partial charge on any atom is -0.300 e. The van der Waals surface area contributed by atoms with Crippen LogP contribution in [-0.4, -0.2) is 25.9 Å². The van der Waals surface area contributed by atoms with Crippen molar-refractivity contribution in [2.45, 2.75) is 39.2 Å². The number of nitrogens with zero attached hydrogens (tertiary/aromatic N) is 4. The van der Waals surface area contributed by atoms with Gasteiger partial charge in [0.1, 0.15) is 11.6 Å². The molecule has 1 amide bonds. The van der Waals surface area contributed by atoms with Gasteiger partial charge in [0.25, 0.3) is 11.5 Å². The van der Waals surface area contributed by atoms with Gasteiger partial charge in [-0.05, 0) is 19.1 Å². The van der Waals surface area contributed by atoms with Gasteiger partial charge in [0.15, 0.2) is 5.13 Å². The molecule has 2 aromatic heterocycles. The molecule has 1 aromatic carbocycles. The molecule has 3 rings (SSSR count). The van der Waals surface area contributed by atoms with Crippen molar-refractivity contribution in [3.63, 3.8) is 0 Å². The van der Waals surface area contributed by atoms with Crippen molar-refractivity contribution in [2.24, 2.45) is 0 Å². The Balaban J connectivity index is 1.84.